The lowest BCUT2D eigenvalue weighted by Gasteiger charge is -2.19. The number of hydrogen-bond acceptors (Lipinski definition) is 5. The molecule has 0 bridgehead atoms. The predicted molar refractivity (Wildman–Crippen MR) is 210 cm³/mol. The normalized spacial score (nSPS) is 15.9. The van der Waals surface area contributed by atoms with E-state index >= 15 is 0 Å². The molecular weight excluding hydrogens is 671 g/mol. The number of nitrogens with zero attached hydrogens (tertiary/aromatic N) is 5. The molecule has 9 nitrogen and oxygen atoms in total. The van der Waals surface area contributed by atoms with E-state index in [0.29, 0.717) is 42.6 Å². The van der Waals surface area contributed by atoms with Crippen LogP contribution in [0.25, 0.3) is 33.4 Å². The van der Waals surface area contributed by atoms with E-state index in [2.05, 4.69) is 79.6 Å². The molecule has 9 heteroatoms. The number of hydrogen-bond donors (Lipinski definition) is 2. The molecule has 2 N–H and O–H groups in total. The minimum absolute atomic E-state index is 0.0542. The molecule has 268 valence electrons. The van der Waals surface area contributed by atoms with E-state index in [9.17, 15) is 9.59 Å². The Balaban J connectivity index is 0.855. The minimum Gasteiger partial charge on any atom is -0.352 e. The third-order valence-electron chi connectivity index (χ3n) is 10.9. The van der Waals surface area contributed by atoms with Crippen LogP contribution < -0.4 is 10.6 Å². The Kier molecular flexibility index (Phi) is 9.04. The quantitative estimate of drug-likeness (QED) is 0.142. The van der Waals surface area contributed by atoms with Gasteiger partial charge in [-0.3, -0.25) is 14.6 Å². The molecule has 2 unspecified atom stereocenters. The summed E-state index contributed by atoms with van der Waals surface area (Å²) in [6, 6.07) is 36.5. The summed E-state index contributed by atoms with van der Waals surface area (Å²) in [5.41, 5.74) is 8.54. The van der Waals surface area contributed by atoms with Crippen LogP contribution in [0.4, 0.5) is 0 Å². The lowest BCUT2D eigenvalue weighted by molar-refractivity contribution is -0.121. The number of pyridine rings is 1. The Morgan fingerprint density at radius 2 is 1.44 bits per heavy atom. The van der Waals surface area contributed by atoms with Gasteiger partial charge in [0.2, 0.25) is 5.91 Å². The highest BCUT2D eigenvalue weighted by Gasteiger charge is 2.37. The van der Waals surface area contributed by atoms with Crippen molar-refractivity contribution in [3.63, 3.8) is 0 Å². The van der Waals surface area contributed by atoms with Crippen LogP contribution >= 0.6 is 0 Å². The average molecular weight is 712 g/mol. The average Bonchev–Trinajstić information content (AvgIpc) is 4.01. The first kappa shape index (κ1) is 33.5. The number of imidazole rings is 2. The van der Waals surface area contributed by atoms with E-state index in [1.807, 2.05) is 66.7 Å². The number of nitrogens with one attached hydrogen (secondary N) is 2. The minimum atomic E-state index is -0.141. The number of carbonyl (C=O) groups is 2. The lowest BCUT2D eigenvalue weighted by Crippen LogP contribution is -2.23. The van der Waals surface area contributed by atoms with Crippen molar-refractivity contribution in [2.75, 3.05) is 0 Å². The second kappa shape index (κ2) is 14.6. The summed E-state index contributed by atoms with van der Waals surface area (Å²) in [7, 11) is 0. The van der Waals surface area contributed by atoms with Crippen LogP contribution in [0.2, 0.25) is 0 Å². The maximum Gasteiger partial charge on any atom is 0.253 e. The van der Waals surface area contributed by atoms with E-state index < -0.39 is 0 Å². The zero-order valence-corrected chi connectivity index (χ0v) is 30.0. The highest BCUT2D eigenvalue weighted by molar-refractivity contribution is 6.05. The van der Waals surface area contributed by atoms with Crippen LogP contribution in [0.15, 0.2) is 128 Å². The molecule has 0 fully saturated rings. The van der Waals surface area contributed by atoms with Gasteiger partial charge in [0.1, 0.15) is 11.6 Å². The van der Waals surface area contributed by atoms with Crippen molar-refractivity contribution < 1.29 is 9.59 Å². The first-order chi connectivity index (χ1) is 26.6. The topological polar surface area (TPSA) is 107 Å². The van der Waals surface area contributed by atoms with Crippen LogP contribution in [0.3, 0.4) is 0 Å². The monoisotopic (exact) mass is 711 g/mol. The van der Waals surface area contributed by atoms with Gasteiger partial charge in [-0.05, 0) is 60.2 Å². The second-order valence-electron chi connectivity index (χ2n) is 14.4. The molecule has 54 heavy (non-hydrogen) atoms. The van der Waals surface area contributed by atoms with Crippen molar-refractivity contribution >= 4 is 22.7 Å². The van der Waals surface area contributed by atoms with E-state index in [0.717, 1.165) is 82.9 Å². The lowest BCUT2D eigenvalue weighted by atomic mass is 9.95. The number of para-hydroxylation sites is 1. The van der Waals surface area contributed by atoms with Crippen LogP contribution in [0, 0.1) is 0 Å². The van der Waals surface area contributed by atoms with Crippen molar-refractivity contribution in [1.82, 2.24) is 34.7 Å². The van der Waals surface area contributed by atoms with Crippen molar-refractivity contribution in [2.45, 2.75) is 63.7 Å². The smallest absolute Gasteiger partial charge is 0.253 e. The summed E-state index contributed by atoms with van der Waals surface area (Å²) in [6.45, 7) is 1.84. The summed E-state index contributed by atoms with van der Waals surface area (Å²) in [5, 5.41) is 7.12. The fraction of sp³-hybridized carbons (Fsp3) is 0.222. The number of amides is 2. The Morgan fingerprint density at radius 1 is 0.722 bits per heavy atom. The summed E-state index contributed by atoms with van der Waals surface area (Å²) in [6.07, 6.45) is 10.3. The molecule has 7 aromatic rings. The maximum absolute atomic E-state index is 13.1. The largest absolute Gasteiger partial charge is 0.352 e. The highest BCUT2D eigenvalue weighted by atomic mass is 16.2. The Bertz CT molecular complexity index is 2480. The van der Waals surface area contributed by atoms with E-state index in [1.54, 1.807) is 6.20 Å². The maximum atomic E-state index is 13.1. The number of benzene rings is 4. The molecule has 0 saturated heterocycles. The summed E-state index contributed by atoms with van der Waals surface area (Å²) in [5.74, 6) is 2.47. The molecular formula is C45H41N7O2. The standard InChI is InChI=1S/C45H41N7O2/c53-42(20-17-30-8-2-1-3-9-30)47-26-31-10-4-13-34(24-31)38-28-51-23-21-36(44(51)50-38)40-18-19-41-49-39(29-52(40)41)35-14-5-11-32(25-35)27-48-45(54)37-16-6-12-33-15-7-22-46-43(33)37/h1-16,22,24-25,28-29,36,40H,17-21,23,26-27H2,(H,47,53)(H,48,54). The van der Waals surface area contributed by atoms with Gasteiger partial charge < -0.3 is 19.8 Å². The third kappa shape index (κ3) is 6.80. The van der Waals surface area contributed by atoms with E-state index in [1.165, 1.54) is 5.56 Å². The molecule has 3 aromatic heterocycles. The van der Waals surface area contributed by atoms with Crippen molar-refractivity contribution in [3.8, 4) is 22.5 Å². The molecule has 4 aromatic carbocycles. The van der Waals surface area contributed by atoms with Gasteiger partial charge in [-0.25, -0.2) is 9.97 Å². The number of aromatic nitrogens is 5. The summed E-state index contributed by atoms with van der Waals surface area (Å²) in [4.78, 5) is 40.4. The Hall–Kier alpha value is -6.35. The molecule has 2 amide bonds. The zero-order valence-electron chi connectivity index (χ0n) is 30.0. The highest BCUT2D eigenvalue weighted by Crippen LogP contribution is 2.44. The van der Waals surface area contributed by atoms with Crippen molar-refractivity contribution in [2.24, 2.45) is 0 Å². The molecule has 2 aliphatic heterocycles. The fourth-order valence-corrected chi connectivity index (χ4v) is 8.11. The fourth-order valence-electron chi connectivity index (χ4n) is 8.11. The van der Waals surface area contributed by atoms with Crippen LogP contribution in [-0.2, 0) is 37.3 Å². The third-order valence-corrected chi connectivity index (χ3v) is 10.9. The van der Waals surface area contributed by atoms with Crippen LogP contribution in [0.5, 0.6) is 0 Å². The Labute approximate surface area is 314 Å². The summed E-state index contributed by atoms with van der Waals surface area (Å²) < 4.78 is 4.70. The van der Waals surface area contributed by atoms with Gasteiger partial charge in [0.15, 0.2) is 0 Å². The first-order valence-corrected chi connectivity index (χ1v) is 18.8. The van der Waals surface area contributed by atoms with Gasteiger partial charge in [0.05, 0.1) is 22.5 Å². The second-order valence-corrected chi connectivity index (χ2v) is 14.4. The number of aryl methyl sites for hydroxylation is 3. The Morgan fingerprint density at radius 3 is 2.26 bits per heavy atom. The van der Waals surface area contributed by atoms with Crippen molar-refractivity contribution in [1.29, 1.82) is 0 Å². The molecule has 0 saturated carbocycles. The van der Waals surface area contributed by atoms with Crippen LogP contribution in [-0.4, -0.2) is 35.9 Å². The molecule has 2 atom stereocenters. The molecule has 2 aliphatic rings. The number of rotatable bonds is 11. The molecule has 9 rings (SSSR count). The number of carbonyl (C=O) groups excluding carboxylic acids is 2. The van der Waals surface area contributed by atoms with E-state index in [-0.39, 0.29) is 11.8 Å². The van der Waals surface area contributed by atoms with Crippen molar-refractivity contribution in [3.05, 3.63) is 162 Å². The van der Waals surface area contributed by atoms with Gasteiger partial charge >= 0.3 is 0 Å². The first-order valence-electron chi connectivity index (χ1n) is 18.8. The molecule has 0 radical (unpaired) electrons. The predicted octanol–water partition coefficient (Wildman–Crippen LogP) is 7.82. The molecule has 0 spiro atoms. The molecule has 0 aliphatic carbocycles. The van der Waals surface area contributed by atoms with Crippen LogP contribution in [0.1, 0.15) is 69.9 Å². The van der Waals surface area contributed by atoms with Gasteiger partial charge in [-0.1, -0.05) is 84.9 Å². The van der Waals surface area contributed by atoms with Gasteiger partial charge in [0.25, 0.3) is 5.91 Å². The zero-order chi connectivity index (χ0) is 36.4. The van der Waals surface area contributed by atoms with E-state index in [4.69, 9.17) is 9.97 Å². The van der Waals surface area contributed by atoms with Gasteiger partial charge in [-0.2, -0.15) is 0 Å². The molecule has 5 heterocycles. The van der Waals surface area contributed by atoms with Gasteiger partial charge in [0, 0.05) is 79.5 Å². The van der Waals surface area contributed by atoms with Gasteiger partial charge in [-0.15, -0.1) is 0 Å². The number of fused-ring (bicyclic) bond motifs is 3. The summed E-state index contributed by atoms with van der Waals surface area (Å²) >= 11 is 0. The SMILES string of the molecule is O=C(CCc1ccccc1)NCc1cccc(-c2cn3c(n2)C(C2CCc4nc(-c5cccc(CNC(=O)c6cccc7cccnc67)c5)cn42)CC3)c1.